The second kappa shape index (κ2) is 7.20. The van der Waals surface area contributed by atoms with Crippen molar-refractivity contribution < 1.29 is 14.3 Å². The summed E-state index contributed by atoms with van der Waals surface area (Å²) in [4.78, 5) is 14.5. The standard InChI is InChI=1S/C18H24ClNO3/c1-2-22-12-16-11-18(13-23-16)7-9-20(10-8-18)17(21)14-3-5-15(19)6-4-14/h3-6,16H,2,7-13H2,1H3/t16-/m0/s1. The van der Waals surface area contributed by atoms with Gasteiger partial charge in [0.15, 0.2) is 0 Å². The Morgan fingerprint density at radius 1 is 1.35 bits per heavy atom. The molecule has 1 spiro atoms. The van der Waals surface area contributed by atoms with E-state index in [0.717, 1.165) is 45.6 Å². The van der Waals surface area contributed by atoms with Crippen molar-refractivity contribution in [2.75, 3.05) is 32.9 Å². The van der Waals surface area contributed by atoms with Crippen molar-refractivity contribution >= 4 is 17.5 Å². The Morgan fingerprint density at radius 3 is 2.70 bits per heavy atom. The molecule has 5 heteroatoms. The number of amides is 1. The van der Waals surface area contributed by atoms with Crippen molar-refractivity contribution in [2.45, 2.75) is 32.3 Å². The average Bonchev–Trinajstić information content (AvgIpc) is 2.96. The molecule has 3 rings (SSSR count). The lowest BCUT2D eigenvalue weighted by Crippen LogP contribution is -2.43. The van der Waals surface area contributed by atoms with E-state index in [1.807, 2.05) is 11.8 Å². The fourth-order valence-corrected chi connectivity index (χ4v) is 3.69. The molecule has 2 heterocycles. The predicted octanol–water partition coefficient (Wildman–Crippen LogP) is 3.39. The van der Waals surface area contributed by atoms with Gasteiger partial charge in [-0.05, 0) is 55.9 Å². The fourth-order valence-electron chi connectivity index (χ4n) is 3.56. The molecule has 0 radical (unpaired) electrons. The van der Waals surface area contributed by atoms with Crippen molar-refractivity contribution in [1.29, 1.82) is 0 Å². The number of likely N-dealkylation sites (tertiary alicyclic amines) is 1. The van der Waals surface area contributed by atoms with Crippen LogP contribution in [0.4, 0.5) is 0 Å². The molecule has 0 unspecified atom stereocenters. The number of halogens is 1. The first kappa shape index (κ1) is 16.7. The van der Waals surface area contributed by atoms with E-state index in [0.29, 0.717) is 17.2 Å². The highest BCUT2D eigenvalue weighted by molar-refractivity contribution is 6.30. The molecule has 4 nitrogen and oxygen atoms in total. The highest BCUT2D eigenvalue weighted by Gasteiger charge is 2.43. The summed E-state index contributed by atoms with van der Waals surface area (Å²) >= 11 is 5.88. The summed E-state index contributed by atoms with van der Waals surface area (Å²) in [7, 11) is 0. The topological polar surface area (TPSA) is 38.8 Å². The third-order valence-corrected chi connectivity index (χ3v) is 5.25. The van der Waals surface area contributed by atoms with Crippen LogP contribution in [-0.4, -0.2) is 49.8 Å². The Labute approximate surface area is 142 Å². The highest BCUT2D eigenvalue weighted by Crippen LogP contribution is 2.42. The lowest BCUT2D eigenvalue weighted by Gasteiger charge is -2.38. The zero-order valence-corrected chi connectivity index (χ0v) is 14.3. The zero-order chi connectivity index (χ0) is 16.3. The van der Waals surface area contributed by atoms with Crippen molar-refractivity contribution in [3.63, 3.8) is 0 Å². The van der Waals surface area contributed by atoms with Gasteiger partial charge in [0.1, 0.15) is 0 Å². The Morgan fingerprint density at radius 2 is 2.04 bits per heavy atom. The van der Waals surface area contributed by atoms with Crippen LogP contribution in [0.15, 0.2) is 24.3 Å². The van der Waals surface area contributed by atoms with Gasteiger partial charge in [0.05, 0.1) is 19.3 Å². The number of benzene rings is 1. The summed E-state index contributed by atoms with van der Waals surface area (Å²) in [6.07, 6.45) is 3.29. The van der Waals surface area contributed by atoms with Crippen LogP contribution in [0.25, 0.3) is 0 Å². The van der Waals surface area contributed by atoms with Gasteiger partial charge in [-0.15, -0.1) is 0 Å². The van der Waals surface area contributed by atoms with Crippen LogP contribution in [0.5, 0.6) is 0 Å². The number of hydrogen-bond acceptors (Lipinski definition) is 3. The van der Waals surface area contributed by atoms with Crippen LogP contribution in [0.1, 0.15) is 36.5 Å². The van der Waals surface area contributed by atoms with Crippen LogP contribution >= 0.6 is 11.6 Å². The Balaban J connectivity index is 1.54. The molecule has 1 aromatic carbocycles. The van der Waals surface area contributed by atoms with Gasteiger partial charge in [0, 0.05) is 30.3 Å². The molecule has 2 saturated heterocycles. The summed E-state index contributed by atoms with van der Waals surface area (Å²) < 4.78 is 11.4. The fraction of sp³-hybridized carbons (Fsp3) is 0.611. The molecular formula is C18H24ClNO3. The first-order valence-electron chi connectivity index (χ1n) is 8.36. The quantitative estimate of drug-likeness (QED) is 0.845. The zero-order valence-electron chi connectivity index (χ0n) is 13.6. The number of hydrogen-bond donors (Lipinski definition) is 0. The molecule has 1 amide bonds. The number of rotatable bonds is 4. The lowest BCUT2D eigenvalue weighted by molar-refractivity contribution is 0.0159. The minimum Gasteiger partial charge on any atom is -0.379 e. The van der Waals surface area contributed by atoms with Gasteiger partial charge in [-0.3, -0.25) is 4.79 Å². The summed E-state index contributed by atoms with van der Waals surface area (Å²) in [5, 5.41) is 0.655. The van der Waals surface area contributed by atoms with Crippen LogP contribution in [0, 0.1) is 5.41 Å². The van der Waals surface area contributed by atoms with Crippen LogP contribution in [0.2, 0.25) is 5.02 Å². The minimum absolute atomic E-state index is 0.0984. The Bertz CT molecular complexity index is 538. The molecule has 126 valence electrons. The largest absolute Gasteiger partial charge is 0.379 e. The molecule has 1 aromatic rings. The van der Waals surface area contributed by atoms with Gasteiger partial charge in [-0.25, -0.2) is 0 Å². The molecule has 0 bridgehead atoms. The summed E-state index contributed by atoms with van der Waals surface area (Å²) in [5.41, 5.74) is 0.945. The van der Waals surface area contributed by atoms with E-state index in [1.54, 1.807) is 24.3 Å². The number of piperidine rings is 1. The van der Waals surface area contributed by atoms with E-state index in [1.165, 1.54) is 0 Å². The molecule has 2 fully saturated rings. The third-order valence-electron chi connectivity index (χ3n) is 5.00. The summed E-state index contributed by atoms with van der Waals surface area (Å²) in [5.74, 6) is 0.0984. The maximum absolute atomic E-state index is 12.6. The normalized spacial score (nSPS) is 23.4. The predicted molar refractivity (Wildman–Crippen MR) is 89.9 cm³/mol. The van der Waals surface area contributed by atoms with E-state index in [2.05, 4.69) is 0 Å². The first-order valence-corrected chi connectivity index (χ1v) is 8.74. The Kier molecular flexibility index (Phi) is 5.24. The molecule has 23 heavy (non-hydrogen) atoms. The number of nitrogens with zero attached hydrogens (tertiary/aromatic N) is 1. The van der Waals surface area contributed by atoms with E-state index < -0.39 is 0 Å². The van der Waals surface area contributed by atoms with Crippen LogP contribution < -0.4 is 0 Å². The number of ether oxygens (including phenoxy) is 2. The average molecular weight is 338 g/mol. The van der Waals surface area contributed by atoms with Gasteiger partial charge >= 0.3 is 0 Å². The summed E-state index contributed by atoms with van der Waals surface area (Å²) in [6, 6.07) is 7.13. The second-order valence-electron chi connectivity index (χ2n) is 6.60. The van der Waals surface area contributed by atoms with Crippen molar-refractivity contribution in [1.82, 2.24) is 4.90 Å². The minimum atomic E-state index is 0.0984. The maximum atomic E-state index is 12.6. The smallest absolute Gasteiger partial charge is 0.253 e. The van der Waals surface area contributed by atoms with Gasteiger partial charge in [0.2, 0.25) is 0 Å². The van der Waals surface area contributed by atoms with E-state index in [4.69, 9.17) is 21.1 Å². The van der Waals surface area contributed by atoms with E-state index in [9.17, 15) is 4.79 Å². The van der Waals surface area contributed by atoms with Gasteiger partial charge in [-0.2, -0.15) is 0 Å². The number of carbonyl (C=O) groups excluding carboxylic acids is 1. The molecule has 0 aliphatic carbocycles. The van der Waals surface area contributed by atoms with Crippen molar-refractivity contribution in [2.24, 2.45) is 5.41 Å². The first-order chi connectivity index (χ1) is 11.1. The maximum Gasteiger partial charge on any atom is 0.253 e. The summed E-state index contributed by atoms with van der Waals surface area (Å²) in [6.45, 7) is 5.82. The molecular weight excluding hydrogens is 314 g/mol. The second-order valence-corrected chi connectivity index (χ2v) is 7.03. The lowest BCUT2D eigenvalue weighted by atomic mass is 9.76. The molecule has 0 saturated carbocycles. The molecule has 1 atom stereocenters. The van der Waals surface area contributed by atoms with Crippen molar-refractivity contribution in [3.8, 4) is 0 Å². The molecule has 0 N–H and O–H groups in total. The molecule has 2 aliphatic rings. The van der Waals surface area contributed by atoms with Crippen LogP contribution in [0.3, 0.4) is 0 Å². The Hall–Kier alpha value is -1.10. The van der Waals surface area contributed by atoms with Gasteiger partial charge < -0.3 is 14.4 Å². The highest BCUT2D eigenvalue weighted by atomic mass is 35.5. The van der Waals surface area contributed by atoms with Gasteiger partial charge in [0.25, 0.3) is 5.91 Å². The van der Waals surface area contributed by atoms with E-state index >= 15 is 0 Å². The number of carbonyl (C=O) groups is 1. The molecule has 0 aromatic heterocycles. The van der Waals surface area contributed by atoms with Crippen molar-refractivity contribution in [3.05, 3.63) is 34.9 Å². The van der Waals surface area contributed by atoms with Gasteiger partial charge in [-0.1, -0.05) is 11.6 Å². The molecule has 2 aliphatic heterocycles. The SMILES string of the molecule is CCOC[C@@H]1CC2(CCN(C(=O)c3ccc(Cl)cc3)CC2)CO1. The van der Waals surface area contributed by atoms with E-state index in [-0.39, 0.29) is 17.4 Å². The third kappa shape index (κ3) is 3.87. The monoisotopic (exact) mass is 337 g/mol. The van der Waals surface area contributed by atoms with Crippen LogP contribution in [-0.2, 0) is 9.47 Å².